The van der Waals surface area contributed by atoms with E-state index in [-0.39, 0.29) is 6.61 Å². The third-order valence-corrected chi connectivity index (χ3v) is 4.15. The summed E-state index contributed by atoms with van der Waals surface area (Å²) in [4.78, 5) is 0. The van der Waals surface area contributed by atoms with Crippen LogP contribution in [0.4, 0.5) is 0 Å². The van der Waals surface area contributed by atoms with Gasteiger partial charge < -0.3 is 49.6 Å². The van der Waals surface area contributed by atoms with E-state index < -0.39 is 68.3 Å². The van der Waals surface area contributed by atoms with Crippen LogP contribution in [0.1, 0.15) is 0 Å². The molecule has 0 aliphatic carbocycles. The molecule has 2 saturated heterocycles. The summed E-state index contributed by atoms with van der Waals surface area (Å²) in [6.07, 6.45) is -10.7. The van der Waals surface area contributed by atoms with Crippen LogP contribution in [0, 0.1) is 0 Å². The average Bonchev–Trinajstić information content (AvgIpc) is 2.81. The molecule has 23 heavy (non-hydrogen) atoms. The van der Waals surface area contributed by atoms with Crippen LogP contribution in [0.3, 0.4) is 0 Å². The van der Waals surface area contributed by atoms with E-state index in [0.717, 1.165) is 0 Å². The zero-order valence-corrected chi connectivity index (χ0v) is 12.6. The Morgan fingerprint density at radius 1 is 1.09 bits per heavy atom. The molecular formula is C13H24O10. The molecule has 2 rings (SSSR count). The van der Waals surface area contributed by atoms with Gasteiger partial charge in [0, 0.05) is 7.11 Å². The van der Waals surface area contributed by atoms with Gasteiger partial charge in [0.15, 0.2) is 6.29 Å². The lowest BCUT2D eigenvalue weighted by Crippen LogP contribution is -2.57. The fourth-order valence-electron chi connectivity index (χ4n) is 2.75. The molecule has 9 atom stereocenters. The van der Waals surface area contributed by atoms with Crippen molar-refractivity contribution < 1.29 is 49.6 Å². The molecule has 0 radical (unpaired) electrons. The normalized spacial score (nSPS) is 46.0. The van der Waals surface area contributed by atoms with Crippen molar-refractivity contribution in [1.82, 2.24) is 0 Å². The molecule has 0 aromatic rings. The smallest absolute Gasteiger partial charge is 0.187 e. The third-order valence-electron chi connectivity index (χ3n) is 4.15. The van der Waals surface area contributed by atoms with Gasteiger partial charge in [0.1, 0.15) is 48.8 Å². The number of hydrogen-bond acceptors (Lipinski definition) is 10. The van der Waals surface area contributed by atoms with Gasteiger partial charge in [-0.15, -0.1) is 0 Å². The maximum absolute atomic E-state index is 10.0. The Morgan fingerprint density at radius 2 is 1.78 bits per heavy atom. The minimum Gasteiger partial charge on any atom is -0.394 e. The molecule has 2 fully saturated rings. The van der Waals surface area contributed by atoms with Crippen LogP contribution in [-0.2, 0) is 18.9 Å². The summed E-state index contributed by atoms with van der Waals surface area (Å²) in [6, 6.07) is 0. The summed E-state index contributed by atoms with van der Waals surface area (Å²) < 4.78 is 20.8. The van der Waals surface area contributed by atoms with Gasteiger partial charge in [0.05, 0.1) is 19.8 Å². The Balaban J connectivity index is 2.04. The van der Waals surface area contributed by atoms with E-state index >= 15 is 0 Å². The van der Waals surface area contributed by atoms with E-state index in [9.17, 15) is 25.5 Å². The molecule has 2 aliphatic rings. The summed E-state index contributed by atoms with van der Waals surface area (Å²) in [6.45, 7) is -1.07. The molecule has 2 heterocycles. The van der Waals surface area contributed by atoms with Crippen LogP contribution in [0.2, 0.25) is 0 Å². The summed E-state index contributed by atoms with van der Waals surface area (Å²) in [5.41, 5.74) is 0. The molecular weight excluding hydrogens is 316 g/mol. The Hall–Kier alpha value is -0.400. The van der Waals surface area contributed by atoms with E-state index in [4.69, 9.17) is 24.1 Å². The fourth-order valence-corrected chi connectivity index (χ4v) is 2.75. The molecule has 0 saturated carbocycles. The first kappa shape index (κ1) is 18.9. The zero-order chi connectivity index (χ0) is 17.1. The highest BCUT2D eigenvalue weighted by Crippen LogP contribution is 2.29. The lowest BCUT2D eigenvalue weighted by molar-refractivity contribution is -0.273. The molecule has 2 aliphatic heterocycles. The predicted molar refractivity (Wildman–Crippen MR) is 72.3 cm³/mol. The van der Waals surface area contributed by atoms with E-state index in [2.05, 4.69) is 0 Å². The van der Waals surface area contributed by atoms with Gasteiger partial charge >= 0.3 is 0 Å². The number of ether oxygens (including phenoxy) is 4. The van der Waals surface area contributed by atoms with Gasteiger partial charge in [-0.25, -0.2) is 0 Å². The second-order valence-corrected chi connectivity index (χ2v) is 5.62. The molecule has 136 valence electrons. The first-order valence-corrected chi connectivity index (χ1v) is 7.33. The van der Waals surface area contributed by atoms with Gasteiger partial charge in [0.25, 0.3) is 0 Å². The first-order valence-electron chi connectivity index (χ1n) is 7.33. The minimum absolute atomic E-state index is 0.168. The molecule has 10 heteroatoms. The van der Waals surface area contributed by atoms with Crippen molar-refractivity contribution in [3.05, 3.63) is 0 Å². The van der Waals surface area contributed by atoms with Crippen LogP contribution in [0.5, 0.6) is 0 Å². The quantitative estimate of drug-likeness (QED) is 0.281. The lowest BCUT2D eigenvalue weighted by Gasteiger charge is -2.38. The standard InChI is InChI=1S/C13H24O10/c1-20-7(3-15)12-9(18)10(19)13(23-12)22-11-5(16)4-21-6(2-14)8(11)17/h5-19H,2-4H2,1H3/t5-,6?,7-,8?,9?,10?,11?,12?,13?/m1/s1. The van der Waals surface area contributed by atoms with Crippen LogP contribution in [0.15, 0.2) is 0 Å². The molecule has 7 unspecified atom stereocenters. The van der Waals surface area contributed by atoms with Crippen LogP contribution < -0.4 is 0 Å². The second-order valence-electron chi connectivity index (χ2n) is 5.62. The van der Waals surface area contributed by atoms with Crippen molar-refractivity contribution >= 4 is 0 Å². The molecule has 10 nitrogen and oxygen atoms in total. The van der Waals surface area contributed by atoms with Crippen molar-refractivity contribution in [1.29, 1.82) is 0 Å². The largest absolute Gasteiger partial charge is 0.394 e. The molecule has 0 bridgehead atoms. The van der Waals surface area contributed by atoms with Crippen molar-refractivity contribution in [3.63, 3.8) is 0 Å². The van der Waals surface area contributed by atoms with Gasteiger partial charge in [0.2, 0.25) is 0 Å². The highest BCUT2D eigenvalue weighted by Gasteiger charge is 2.50. The molecule has 0 aromatic heterocycles. The highest BCUT2D eigenvalue weighted by molar-refractivity contribution is 4.94. The Kier molecular flexibility index (Phi) is 6.68. The summed E-state index contributed by atoms with van der Waals surface area (Å²) in [7, 11) is 1.31. The van der Waals surface area contributed by atoms with E-state index in [1.54, 1.807) is 0 Å². The Morgan fingerprint density at radius 3 is 2.35 bits per heavy atom. The fraction of sp³-hybridized carbons (Fsp3) is 1.00. The summed E-state index contributed by atoms with van der Waals surface area (Å²) in [5, 5.41) is 58.2. The maximum atomic E-state index is 10.0. The van der Waals surface area contributed by atoms with Crippen LogP contribution >= 0.6 is 0 Å². The van der Waals surface area contributed by atoms with Gasteiger partial charge in [-0.05, 0) is 0 Å². The second kappa shape index (κ2) is 8.12. The van der Waals surface area contributed by atoms with Crippen molar-refractivity contribution in [2.45, 2.75) is 55.1 Å². The van der Waals surface area contributed by atoms with Gasteiger partial charge in [-0.3, -0.25) is 0 Å². The Labute approximate surface area is 132 Å². The zero-order valence-electron chi connectivity index (χ0n) is 12.6. The SMILES string of the molecule is CO[C@H](CO)C1OC(OC2C(O)C(CO)OC[C@H]2O)C(O)C1O. The minimum atomic E-state index is -1.46. The third kappa shape index (κ3) is 3.82. The van der Waals surface area contributed by atoms with Crippen LogP contribution in [0.25, 0.3) is 0 Å². The van der Waals surface area contributed by atoms with Crippen LogP contribution in [-0.4, -0.2) is 113 Å². The van der Waals surface area contributed by atoms with Crippen molar-refractivity contribution in [2.75, 3.05) is 26.9 Å². The first-order chi connectivity index (χ1) is 10.9. The number of aliphatic hydroxyl groups is 6. The molecule has 0 amide bonds. The number of aliphatic hydroxyl groups excluding tert-OH is 6. The Bertz CT molecular complexity index is 365. The van der Waals surface area contributed by atoms with E-state index in [1.165, 1.54) is 7.11 Å². The number of hydrogen-bond donors (Lipinski definition) is 6. The monoisotopic (exact) mass is 340 g/mol. The molecule has 0 aromatic carbocycles. The molecule has 0 spiro atoms. The number of methoxy groups -OCH3 is 1. The lowest BCUT2D eigenvalue weighted by atomic mass is 10.00. The summed E-state index contributed by atoms with van der Waals surface area (Å²) in [5.74, 6) is 0. The highest BCUT2D eigenvalue weighted by atomic mass is 16.7. The van der Waals surface area contributed by atoms with E-state index in [1.807, 2.05) is 0 Å². The van der Waals surface area contributed by atoms with Crippen molar-refractivity contribution in [2.24, 2.45) is 0 Å². The van der Waals surface area contributed by atoms with Gasteiger partial charge in [-0.2, -0.15) is 0 Å². The van der Waals surface area contributed by atoms with Crippen molar-refractivity contribution in [3.8, 4) is 0 Å². The summed E-state index contributed by atoms with van der Waals surface area (Å²) >= 11 is 0. The van der Waals surface area contributed by atoms with Gasteiger partial charge in [-0.1, -0.05) is 0 Å². The molecule has 6 N–H and O–H groups in total. The maximum Gasteiger partial charge on any atom is 0.187 e. The average molecular weight is 340 g/mol. The topological polar surface area (TPSA) is 158 Å². The number of rotatable bonds is 6. The predicted octanol–water partition coefficient (Wildman–Crippen LogP) is -4.06. The van der Waals surface area contributed by atoms with E-state index in [0.29, 0.717) is 0 Å².